The number of carbonyl (C=O) groups is 4. The number of rotatable bonds is 10. The van der Waals surface area contributed by atoms with Crippen LogP contribution in [0.4, 0.5) is 16.3 Å². The molecule has 13 nitrogen and oxygen atoms in total. The molecule has 0 spiro atoms. The Balaban J connectivity index is 1.51. The van der Waals surface area contributed by atoms with Gasteiger partial charge in [0.25, 0.3) is 11.8 Å². The number of fused-ring (bicyclic) bond motifs is 1. The molecule has 0 bridgehead atoms. The molecule has 13 heteroatoms. The highest BCUT2D eigenvalue weighted by atomic mass is 16.7. The number of anilines is 2. The zero-order valence-corrected chi connectivity index (χ0v) is 24.2. The number of aromatic nitrogens is 3. The summed E-state index contributed by atoms with van der Waals surface area (Å²) in [6.07, 6.45) is 2.63. The Hall–Kier alpha value is -5.46. The van der Waals surface area contributed by atoms with Gasteiger partial charge in [-0.15, -0.1) is 0 Å². The third kappa shape index (κ3) is 6.89. The molecule has 0 atom stereocenters. The van der Waals surface area contributed by atoms with Crippen LogP contribution in [-0.4, -0.2) is 68.4 Å². The highest BCUT2D eigenvalue weighted by Crippen LogP contribution is 2.28. The molecule has 0 saturated heterocycles. The van der Waals surface area contributed by atoms with E-state index in [1.165, 1.54) is 41.3 Å². The summed E-state index contributed by atoms with van der Waals surface area (Å²) in [5.74, 6) is -1.22. The van der Waals surface area contributed by atoms with Gasteiger partial charge < -0.3 is 25.2 Å². The van der Waals surface area contributed by atoms with Crippen LogP contribution in [0.2, 0.25) is 0 Å². The van der Waals surface area contributed by atoms with E-state index in [1.807, 2.05) is 19.9 Å². The highest BCUT2D eigenvalue weighted by Gasteiger charge is 2.27. The van der Waals surface area contributed by atoms with Crippen molar-refractivity contribution in [3.05, 3.63) is 82.8 Å². The van der Waals surface area contributed by atoms with Crippen molar-refractivity contribution in [2.24, 2.45) is 0 Å². The van der Waals surface area contributed by atoms with E-state index in [1.54, 1.807) is 26.0 Å². The smallest absolute Gasteiger partial charge is 0.419 e. The predicted molar refractivity (Wildman–Crippen MR) is 156 cm³/mol. The number of nitrogens with one attached hydrogen (secondary N) is 2. The lowest BCUT2D eigenvalue weighted by atomic mass is 10.1. The summed E-state index contributed by atoms with van der Waals surface area (Å²) in [6.45, 7) is 7.01. The first-order chi connectivity index (χ1) is 20.6. The second-order valence-electron chi connectivity index (χ2n) is 9.54. The molecule has 224 valence electrons. The molecule has 0 unspecified atom stereocenters. The number of hydrogen-bond acceptors (Lipinski definition) is 10. The van der Waals surface area contributed by atoms with Gasteiger partial charge in [-0.25, -0.2) is 24.0 Å². The van der Waals surface area contributed by atoms with Crippen molar-refractivity contribution in [3.63, 3.8) is 0 Å². The van der Waals surface area contributed by atoms with E-state index < -0.39 is 24.8 Å². The van der Waals surface area contributed by atoms with E-state index in [0.29, 0.717) is 34.7 Å². The maximum absolute atomic E-state index is 13.5. The lowest BCUT2D eigenvalue weighted by molar-refractivity contribution is -0.0102. The second kappa shape index (κ2) is 13.5. The Labute approximate surface area is 247 Å². The Morgan fingerprint density at radius 2 is 1.72 bits per heavy atom. The lowest BCUT2D eigenvalue weighted by Gasteiger charge is -2.18. The maximum Gasteiger partial charge on any atom is 0.419 e. The minimum absolute atomic E-state index is 0.0150. The first kappa shape index (κ1) is 30.5. The molecule has 2 aromatic heterocycles. The summed E-state index contributed by atoms with van der Waals surface area (Å²) in [6, 6.07) is 10.7. The van der Waals surface area contributed by atoms with Gasteiger partial charge in [0.05, 0.1) is 11.1 Å². The number of hydrogen-bond donors (Lipinski definition) is 3. The van der Waals surface area contributed by atoms with Crippen LogP contribution >= 0.6 is 0 Å². The number of phenols is 1. The lowest BCUT2D eigenvalue weighted by Crippen LogP contribution is -2.37. The van der Waals surface area contributed by atoms with E-state index in [0.717, 1.165) is 16.9 Å². The first-order valence-corrected chi connectivity index (χ1v) is 13.6. The van der Waals surface area contributed by atoms with Gasteiger partial charge in [-0.1, -0.05) is 13.0 Å². The average Bonchev–Trinajstić information content (AvgIpc) is 3.34. The van der Waals surface area contributed by atoms with Crippen molar-refractivity contribution in [2.45, 2.75) is 34.1 Å². The number of carbonyl (C=O) groups excluding carboxylic acids is 4. The van der Waals surface area contributed by atoms with E-state index in [2.05, 4.69) is 20.7 Å². The fraction of sp³-hybridized carbons (Fsp3) is 0.267. The molecule has 3 amide bonds. The minimum atomic E-state index is -1.00. The summed E-state index contributed by atoms with van der Waals surface area (Å²) >= 11 is 0. The van der Waals surface area contributed by atoms with E-state index in [-0.39, 0.29) is 29.3 Å². The van der Waals surface area contributed by atoms with Crippen molar-refractivity contribution in [2.75, 3.05) is 25.2 Å². The molecule has 4 aromatic rings. The molecule has 0 aliphatic heterocycles. The Morgan fingerprint density at radius 1 is 1.00 bits per heavy atom. The zero-order valence-electron chi connectivity index (χ0n) is 24.2. The zero-order chi connectivity index (χ0) is 31.1. The van der Waals surface area contributed by atoms with Crippen LogP contribution in [-0.2, 0) is 9.47 Å². The molecule has 4 rings (SSSR count). The van der Waals surface area contributed by atoms with Crippen LogP contribution in [0.5, 0.6) is 5.75 Å². The standard InChI is InChI=1S/C30H32N6O7/c1-5-13-31-27(38)21-8-7-18(3)24(14-21)34-26-25-19(4)23(15-36(25)33-16-32-26)28(39)35(6-2)30(41)43-17-42-29(40)20-9-11-22(37)12-10-20/h7-12,14-16,37H,5-6,13,17H2,1-4H3,(H,31,38)(H,32,33,34). The third-order valence-electron chi connectivity index (χ3n) is 6.60. The number of aryl methyl sites for hydroxylation is 2. The van der Waals surface area contributed by atoms with E-state index in [9.17, 15) is 24.3 Å². The van der Waals surface area contributed by atoms with Crippen molar-refractivity contribution in [1.82, 2.24) is 24.8 Å². The Morgan fingerprint density at radius 3 is 2.42 bits per heavy atom. The molecule has 2 aromatic carbocycles. The van der Waals surface area contributed by atoms with Gasteiger partial charge in [-0.3, -0.25) is 9.59 Å². The van der Waals surface area contributed by atoms with Crippen molar-refractivity contribution in [1.29, 1.82) is 0 Å². The van der Waals surface area contributed by atoms with Gasteiger partial charge in [0.1, 0.15) is 17.6 Å². The summed E-state index contributed by atoms with van der Waals surface area (Å²) in [5, 5.41) is 19.7. The molecule has 0 aliphatic rings. The highest BCUT2D eigenvalue weighted by molar-refractivity contribution is 6.05. The molecule has 0 fully saturated rings. The maximum atomic E-state index is 13.5. The van der Waals surface area contributed by atoms with Crippen molar-refractivity contribution in [3.8, 4) is 5.75 Å². The van der Waals surface area contributed by atoms with E-state index in [4.69, 9.17) is 9.47 Å². The number of esters is 1. The first-order valence-electron chi connectivity index (χ1n) is 13.6. The predicted octanol–water partition coefficient (Wildman–Crippen LogP) is 4.35. The average molecular weight is 589 g/mol. The van der Waals surface area contributed by atoms with Gasteiger partial charge in [-0.2, -0.15) is 5.10 Å². The van der Waals surface area contributed by atoms with Crippen LogP contribution < -0.4 is 10.6 Å². The summed E-state index contributed by atoms with van der Waals surface area (Å²) < 4.78 is 11.5. The van der Waals surface area contributed by atoms with Crippen LogP contribution in [0.1, 0.15) is 62.5 Å². The molecule has 0 saturated carbocycles. The van der Waals surface area contributed by atoms with Gasteiger partial charge in [0.2, 0.25) is 6.79 Å². The molecular formula is C30H32N6O7. The molecule has 3 N–H and O–H groups in total. The summed E-state index contributed by atoms with van der Waals surface area (Å²) in [4.78, 5) is 56.1. The fourth-order valence-corrected chi connectivity index (χ4v) is 4.23. The summed E-state index contributed by atoms with van der Waals surface area (Å²) in [7, 11) is 0. The molecular weight excluding hydrogens is 556 g/mol. The number of amides is 3. The number of ether oxygens (including phenoxy) is 2. The molecule has 2 heterocycles. The van der Waals surface area contributed by atoms with Crippen LogP contribution in [0.25, 0.3) is 5.52 Å². The number of imide groups is 1. The third-order valence-corrected chi connectivity index (χ3v) is 6.60. The molecule has 0 aliphatic carbocycles. The minimum Gasteiger partial charge on any atom is -0.508 e. The fourth-order valence-electron chi connectivity index (χ4n) is 4.23. The van der Waals surface area contributed by atoms with Crippen LogP contribution in [0, 0.1) is 13.8 Å². The van der Waals surface area contributed by atoms with Gasteiger partial charge in [-0.05, 0) is 74.7 Å². The molecule has 43 heavy (non-hydrogen) atoms. The van der Waals surface area contributed by atoms with Gasteiger partial charge in [0.15, 0.2) is 5.82 Å². The molecule has 0 radical (unpaired) electrons. The van der Waals surface area contributed by atoms with Crippen LogP contribution in [0.15, 0.2) is 55.0 Å². The Kier molecular flexibility index (Phi) is 9.55. The quantitative estimate of drug-likeness (QED) is 0.179. The van der Waals surface area contributed by atoms with Crippen molar-refractivity contribution < 1.29 is 33.8 Å². The van der Waals surface area contributed by atoms with Crippen LogP contribution in [0.3, 0.4) is 0 Å². The normalized spacial score (nSPS) is 10.7. The second-order valence-corrected chi connectivity index (χ2v) is 9.54. The van der Waals surface area contributed by atoms with Crippen molar-refractivity contribution >= 4 is 40.9 Å². The SMILES string of the molecule is CCCNC(=O)c1ccc(C)c(Nc2ncnn3cc(C(=O)N(CC)C(=O)OCOC(=O)c4ccc(O)cc4)c(C)c23)c1. The number of nitrogens with zero attached hydrogens (tertiary/aromatic N) is 4. The summed E-state index contributed by atoms with van der Waals surface area (Å²) in [5.41, 5.74) is 3.36. The van der Waals surface area contributed by atoms with Gasteiger partial charge >= 0.3 is 12.1 Å². The van der Waals surface area contributed by atoms with E-state index >= 15 is 0 Å². The number of phenolic OH excluding ortho intramolecular Hbond substituents is 1. The monoisotopic (exact) mass is 588 g/mol. The number of aromatic hydroxyl groups is 1. The van der Waals surface area contributed by atoms with Gasteiger partial charge in [0, 0.05) is 30.5 Å². The number of benzene rings is 2. The largest absolute Gasteiger partial charge is 0.508 e. The topological polar surface area (TPSA) is 164 Å². The Bertz CT molecular complexity index is 1670.